The van der Waals surface area contributed by atoms with Crippen LogP contribution in [-0.4, -0.2) is 35.0 Å². The van der Waals surface area contributed by atoms with Crippen LogP contribution < -0.4 is 4.74 Å². The number of carboxylic acids is 1. The zero-order chi connectivity index (χ0) is 22.3. The molecule has 0 aliphatic heterocycles. The van der Waals surface area contributed by atoms with Crippen LogP contribution in [0.25, 0.3) is 0 Å². The van der Waals surface area contributed by atoms with Gasteiger partial charge in [0, 0.05) is 12.6 Å². The predicted octanol–water partition coefficient (Wildman–Crippen LogP) is 5.19. The third-order valence-corrected chi connectivity index (χ3v) is 6.04. The molecule has 0 saturated carbocycles. The highest BCUT2D eigenvalue weighted by molar-refractivity contribution is 6.05. The Morgan fingerprint density at radius 2 is 1.47 bits per heavy atom. The first-order chi connectivity index (χ1) is 13.9. The van der Waals surface area contributed by atoms with Gasteiger partial charge in [0.25, 0.3) is 0 Å². The number of ether oxygens (including phenoxy) is 1. The third-order valence-electron chi connectivity index (χ3n) is 6.04. The maximum absolute atomic E-state index is 12.6. The number of amidine groups is 1. The Labute approximate surface area is 177 Å². The summed E-state index contributed by atoms with van der Waals surface area (Å²) in [6.45, 7) is 8.87. The zero-order valence-corrected chi connectivity index (χ0v) is 18.1. The topological polar surface area (TPSA) is 90.7 Å². The number of carbonyl (C=O) groups is 2. The summed E-state index contributed by atoms with van der Waals surface area (Å²) in [6.07, 6.45) is 1.49. The second-order valence-corrected chi connectivity index (χ2v) is 9.13. The van der Waals surface area contributed by atoms with Gasteiger partial charge >= 0.3 is 12.1 Å². The average molecular weight is 408 g/mol. The molecule has 0 bridgehead atoms. The lowest BCUT2D eigenvalue weighted by Gasteiger charge is -2.41. The van der Waals surface area contributed by atoms with Crippen LogP contribution in [0.15, 0.2) is 42.5 Å². The van der Waals surface area contributed by atoms with Gasteiger partial charge in [-0.1, -0.05) is 45.9 Å². The van der Waals surface area contributed by atoms with E-state index in [1.807, 2.05) is 12.1 Å². The number of fused-ring (bicyclic) bond motifs is 1. The van der Waals surface area contributed by atoms with Gasteiger partial charge in [-0.15, -0.1) is 0 Å². The number of nitrogens with zero attached hydrogens (tertiary/aromatic N) is 1. The Hall–Kier alpha value is -3.15. The molecular formula is C24H28N2O4. The number of benzene rings is 2. The van der Waals surface area contributed by atoms with Crippen LogP contribution in [0.2, 0.25) is 0 Å². The Morgan fingerprint density at radius 3 is 2.03 bits per heavy atom. The minimum Gasteiger partial charge on any atom is -0.478 e. The largest absolute Gasteiger partial charge is 0.478 e. The lowest BCUT2D eigenvalue weighted by Crippen LogP contribution is -2.36. The molecule has 0 radical (unpaired) electrons. The van der Waals surface area contributed by atoms with Crippen molar-refractivity contribution in [2.45, 2.75) is 51.4 Å². The van der Waals surface area contributed by atoms with Crippen molar-refractivity contribution in [3.8, 4) is 5.75 Å². The van der Waals surface area contributed by atoms with Gasteiger partial charge in [0.05, 0.1) is 5.56 Å². The van der Waals surface area contributed by atoms with Crippen molar-refractivity contribution < 1.29 is 19.4 Å². The molecule has 0 aromatic heterocycles. The van der Waals surface area contributed by atoms with E-state index < -0.39 is 12.1 Å². The normalized spacial score (nSPS) is 16.3. The fraction of sp³-hybridized carbons (Fsp3) is 0.375. The van der Waals surface area contributed by atoms with Gasteiger partial charge in [0.1, 0.15) is 11.6 Å². The fourth-order valence-corrected chi connectivity index (χ4v) is 3.86. The maximum atomic E-state index is 12.6. The SMILES string of the molecule is CN(C(=N)c1ccc(C(=O)O)cc1)C(=O)Oc1ccc2c(c1)C(C)(C)CCC2(C)C. The van der Waals surface area contributed by atoms with Gasteiger partial charge in [-0.3, -0.25) is 10.3 Å². The van der Waals surface area contributed by atoms with Crippen molar-refractivity contribution in [1.82, 2.24) is 4.90 Å². The summed E-state index contributed by atoms with van der Waals surface area (Å²) >= 11 is 0. The highest BCUT2D eigenvalue weighted by Gasteiger charge is 2.37. The number of rotatable bonds is 3. The summed E-state index contributed by atoms with van der Waals surface area (Å²) in [7, 11) is 1.46. The van der Waals surface area contributed by atoms with Crippen molar-refractivity contribution in [1.29, 1.82) is 5.41 Å². The number of amides is 1. The maximum Gasteiger partial charge on any atom is 0.420 e. The van der Waals surface area contributed by atoms with E-state index in [4.69, 9.17) is 15.3 Å². The van der Waals surface area contributed by atoms with Crippen LogP contribution in [0, 0.1) is 5.41 Å². The predicted molar refractivity (Wildman–Crippen MR) is 116 cm³/mol. The molecule has 30 heavy (non-hydrogen) atoms. The standard InChI is InChI=1S/C24H28N2O4/c1-23(2)12-13-24(3,4)19-14-17(10-11-18(19)23)30-22(29)26(5)20(25)15-6-8-16(9-7-15)21(27)28/h6-11,14,25H,12-13H2,1-5H3,(H,27,28). The van der Waals surface area contributed by atoms with Crippen LogP contribution in [-0.2, 0) is 10.8 Å². The van der Waals surface area contributed by atoms with Crippen molar-refractivity contribution in [2.24, 2.45) is 0 Å². The van der Waals surface area contributed by atoms with Gasteiger partial charge in [-0.25, -0.2) is 9.59 Å². The summed E-state index contributed by atoms with van der Waals surface area (Å²) in [5.74, 6) is -0.666. The molecule has 0 heterocycles. The van der Waals surface area contributed by atoms with Crippen molar-refractivity contribution in [2.75, 3.05) is 7.05 Å². The highest BCUT2D eigenvalue weighted by Crippen LogP contribution is 2.46. The second-order valence-electron chi connectivity index (χ2n) is 9.13. The van der Waals surface area contributed by atoms with Gasteiger partial charge in [0.15, 0.2) is 0 Å². The lowest BCUT2D eigenvalue weighted by molar-refractivity contribution is 0.0696. The van der Waals surface area contributed by atoms with E-state index in [0.717, 1.165) is 17.7 Å². The molecule has 1 amide bonds. The zero-order valence-electron chi connectivity index (χ0n) is 18.1. The number of nitrogens with one attached hydrogen (secondary N) is 1. The van der Waals surface area contributed by atoms with E-state index in [1.165, 1.54) is 42.4 Å². The first-order valence-corrected chi connectivity index (χ1v) is 9.95. The second kappa shape index (κ2) is 7.59. The Kier molecular flexibility index (Phi) is 5.46. The summed E-state index contributed by atoms with van der Waals surface area (Å²) in [5.41, 5.74) is 3.08. The summed E-state index contributed by atoms with van der Waals surface area (Å²) < 4.78 is 5.56. The van der Waals surface area contributed by atoms with E-state index >= 15 is 0 Å². The molecule has 0 spiro atoms. The van der Waals surface area contributed by atoms with Gasteiger partial charge in [-0.05, 0) is 59.1 Å². The van der Waals surface area contributed by atoms with E-state index in [0.29, 0.717) is 11.3 Å². The summed E-state index contributed by atoms with van der Waals surface area (Å²) in [5, 5.41) is 17.2. The number of hydrogen-bond donors (Lipinski definition) is 2. The quantitative estimate of drug-likeness (QED) is 0.540. The molecule has 0 saturated heterocycles. The number of hydrogen-bond acceptors (Lipinski definition) is 4. The molecular weight excluding hydrogens is 380 g/mol. The summed E-state index contributed by atoms with van der Waals surface area (Å²) in [6, 6.07) is 11.6. The van der Waals surface area contributed by atoms with Crippen LogP contribution in [0.3, 0.4) is 0 Å². The number of aromatic carboxylic acids is 1. The molecule has 158 valence electrons. The van der Waals surface area contributed by atoms with Gasteiger partial charge in [0.2, 0.25) is 0 Å². The monoisotopic (exact) mass is 408 g/mol. The van der Waals surface area contributed by atoms with Crippen LogP contribution in [0.1, 0.15) is 67.6 Å². The molecule has 0 atom stereocenters. The molecule has 6 heteroatoms. The minimum atomic E-state index is -1.04. The molecule has 1 aliphatic carbocycles. The van der Waals surface area contributed by atoms with E-state index in [-0.39, 0.29) is 22.2 Å². The third kappa shape index (κ3) is 4.08. The minimum absolute atomic E-state index is 0.00221. The highest BCUT2D eigenvalue weighted by atomic mass is 16.6. The number of carbonyl (C=O) groups excluding carboxylic acids is 1. The Bertz CT molecular complexity index is 1010. The molecule has 2 aromatic rings. The Balaban J connectivity index is 1.78. The van der Waals surface area contributed by atoms with Crippen molar-refractivity contribution in [3.63, 3.8) is 0 Å². The molecule has 0 fully saturated rings. The summed E-state index contributed by atoms with van der Waals surface area (Å²) in [4.78, 5) is 24.7. The molecule has 2 aromatic carbocycles. The Morgan fingerprint density at radius 1 is 0.933 bits per heavy atom. The fourth-order valence-electron chi connectivity index (χ4n) is 3.86. The molecule has 2 N–H and O–H groups in total. The molecule has 1 aliphatic rings. The van der Waals surface area contributed by atoms with Gasteiger partial charge in [-0.2, -0.15) is 0 Å². The van der Waals surface area contributed by atoms with Crippen molar-refractivity contribution >= 4 is 17.9 Å². The molecule has 0 unspecified atom stereocenters. The van der Waals surface area contributed by atoms with Crippen molar-refractivity contribution in [3.05, 3.63) is 64.7 Å². The van der Waals surface area contributed by atoms with E-state index in [1.54, 1.807) is 6.07 Å². The first kappa shape index (κ1) is 21.6. The van der Waals surface area contributed by atoms with Gasteiger partial charge < -0.3 is 9.84 Å². The molecule has 3 rings (SSSR count). The first-order valence-electron chi connectivity index (χ1n) is 9.95. The smallest absolute Gasteiger partial charge is 0.420 e. The average Bonchev–Trinajstić information content (AvgIpc) is 2.70. The van der Waals surface area contributed by atoms with Crippen LogP contribution in [0.5, 0.6) is 5.75 Å². The lowest BCUT2D eigenvalue weighted by atomic mass is 9.63. The van der Waals surface area contributed by atoms with E-state index in [2.05, 4.69) is 27.7 Å². The molecule has 6 nitrogen and oxygen atoms in total. The van der Waals surface area contributed by atoms with Crippen LogP contribution >= 0.6 is 0 Å². The van der Waals surface area contributed by atoms with Crippen LogP contribution in [0.4, 0.5) is 4.79 Å². The number of carboxylic acid groups (broad SMARTS) is 1. The van der Waals surface area contributed by atoms with E-state index in [9.17, 15) is 9.59 Å².